The van der Waals surface area contributed by atoms with Gasteiger partial charge in [0.15, 0.2) is 11.5 Å². The molecule has 2 rings (SSSR count). The molecule has 1 aromatic carbocycles. The zero-order chi connectivity index (χ0) is 12.6. The topological polar surface area (TPSA) is 64.7 Å². The summed E-state index contributed by atoms with van der Waals surface area (Å²) in [6, 6.07) is 2.42. The summed E-state index contributed by atoms with van der Waals surface area (Å²) >= 11 is 0. The molecule has 17 heavy (non-hydrogen) atoms. The van der Waals surface area contributed by atoms with E-state index in [1.165, 1.54) is 12.1 Å². The molecule has 4 nitrogen and oxygen atoms in total. The quantitative estimate of drug-likeness (QED) is 0.847. The van der Waals surface area contributed by atoms with Gasteiger partial charge in [-0.1, -0.05) is 0 Å². The van der Waals surface area contributed by atoms with Gasteiger partial charge in [0.05, 0.1) is 6.10 Å². The van der Waals surface area contributed by atoms with Gasteiger partial charge in [0.1, 0.15) is 0 Å². The first-order valence-electron chi connectivity index (χ1n) is 5.13. The molecule has 6 heteroatoms. The van der Waals surface area contributed by atoms with Gasteiger partial charge in [-0.2, -0.15) is 0 Å². The second-order valence-electron chi connectivity index (χ2n) is 3.94. The number of aliphatic hydroxyl groups excluding tert-OH is 1. The van der Waals surface area contributed by atoms with Crippen LogP contribution in [0, 0.1) is 0 Å². The highest BCUT2D eigenvalue weighted by molar-refractivity contribution is 5.52. The van der Waals surface area contributed by atoms with Crippen molar-refractivity contribution in [2.24, 2.45) is 5.73 Å². The molecule has 0 amide bonds. The Hall–Kier alpha value is -1.40. The number of alkyl halides is 2. The molecule has 0 saturated heterocycles. The van der Waals surface area contributed by atoms with E-state index in [2.05, 4.69) is 0 Å². The fourth-order valence-electron chi connectivity index (χ4n) is 1.67. The minimum atomic E-state index is -3.01. The van der Waals surface area contributed by atoms with Gasteiger partial charge >= 0.3 is 0 Å². The van der Waals surface area contributed by atoms with Crippen LogP contribution in [-0.2, 0) is 5.92 Å². The van der Waals surface area contributed by atoms with Gasteiger partial charge in [0.2, 0.25) is 6.79 Å². The van der Waals surface area contributed by atoms with E-state index in [4.69, 9.17) is 15.2 Å². The van der Waals surface area contributed by atoms with Crippen LogP contribution >= 0.6 is 0 Å². The normalized spacial score (nSPS) is 16.1. The van der Waals surface area contributed by atoms with Crippen LogP contribution < -0.4 is 15.2 Å². The van der Waals surface area contributed by atoms with Gasteiger partial charge in [0, 0.05) is 24.6 Å². The van der Waals surface area contributed by atoms with Crippen LogP contribution in [0.5, 0.6) is 11.5 Å². The van der Waals surface area contributed by atoms with Crippen LogP contribution in [0.4, 0.5) is 8.78 Å². The van der Waals surface area contributed by atoms with Crippen molar-refractivity contribution in [3.63, 3.8) is 0 Å². The van der Waals surface area contributed by atoms with Crippen molar-refractivity contribution in [3.05, 3.63) is 23.3 Å². The summed E-state index contributed by atoms with van der Waals surface area (Å²) in [5, 5.41) is 9.68. The highest BCUT2D eigenvalue weighted by Crippen LogP contribution is 2.42. The van der Waals surface area contributed by atoms with E-state index >= 15 is 0 Å². The van der Waals surface area contributed by atoms with Crippen LogP contribution in [0.25, 0.3) is 0 Å². The second kappa shape index (κ2) is 4.12. The Kier molecular flexibility index (Phi) is 2.92. The summed E-state index contributed by atoms with van der Waals surface area (Å²) in [7, 11) is 0. The first kappa shape index (κ1) is 12.1. The van der Waals surface area contributed by atoms with Gasteiger partial charge in [-0.05, 0) is 12.1 Å². The van der Waals surface area contributed by atoms with Crippen LogP contribution in [0.1, 0.15) is 24.2 Å². The van der Waals surface area contributed by atoms with Crippen LogP contribution in [-0.4, -0.2) is 18.4 Å². The Morgan fingerprint density at radius 1 is 1.47 bits per heavy atom. The van der Waals surface area contributed by atoms with E-state index in [1.54, 1.807) is 0 Å². The minimum Gasteiger partial charge on any atom is -0.454 e. The van der Waals surface area contributed by atoms with Gasteiger partial charge in [0.25, 0.3) is 5.92 Å². The van der Waals surface area contributed by atoms with Crippen molar-refractivity contribution in [1.82, 2.24) is 0 Å². The number of ether oxygens (including phenoxy) is 2. The zero-order valence-electron chi connectivity index (χ0n) is 9.24. The van der Waals surface area contributed by atoms with E-state index in [0.29, 0.717) is 0 Å². The molecule has 0 bridgehead atoms. The molecule has 1 heterocycles. The average Bonchev–Trinajstić information content (AvgIpc) is 2.73. The smallest absolute Gasteiger partial charge is 0.270 e. The van der Waals surface area contributed by atoms with Crippen LogP contribution in [0.2, 0.25) is 0 Å². The molecule has 1 aliphatic heterocycles. The van der Waals surface area contributed by atoms with Crippen molar-refractivity contribution in [2.45, 2.75) is 19.0 Å². The Morgan fingerprint density at radius 2 is 2.18 bits per heavy atom. The van der Waals surface area contributed by atoms with E-state index in [0.717, 1.165) is 6.92 Å². The predicted molar refractivity (Wildman–Crippen MR) is 56.1 cm³/mol. The average molecular weight is 245 g/mol. The SMILES string of the molecule is CC(F)(F)c1cc2c(c(C(O)CN)c1)OCO2. The Labute approximate surface area is 96.9 Å². The minimum absolute atomic E-state index is 0.0433. The maximum atomic E-state index is 13.3. The molecule has 1 unspecified atom stereocenters. The van der Waals surface area contributed by atoms with Crippen molar-refractivity contribution in [1.29, 1.82) is 0 Å². The molecule has 1 aromatic rings. The standard InChI is InChI=1S/C11H13F2NO3/c1-11(12,13)6-2-7(8(15)4-14)10-9(3-6)16-5-17-10/h2-3,8,15H,4-5,14H2,1H3. The van der Waals surface area contributed by atoms with E-state index < -0.39 is 12.0 Å². The molecule has 1 aliphatic rings. The van der Waals surface area contributed by atoms with E-state index in [1.807, 2.05) is 0 Å². The predicted octanol–water partition coefficient (Wildman–Crippen LogP) is 1.52. The summed E-state index contributed by atoms with van der Waals surface area (Å²) in [5.41, 5.74) is 5.33. The lowest BCUT2D eigenvalue weighted by molar-refractivity contribution is 0.0170. The fraction of sp³-hybridized carbons (Fsp3) is 0.455. The number of hydrogen-bond acceptors (Lipinski definition) is 4. The van der Waals surface area contributed by atoms with Crippen molar-refractivity contribution in [2.75, 3.05) is 13.3 Å². The number of hydrogen-bond donors (Lipinski definition) is 2. The highest BCUT2D eigenvalue weighted by atomic mass is 19.3. The first-order chi connectivity index (χ1) is 7.93. The number of nitrogens with two attached hydrogens (primary N) is 1. The maximum Gasteiger partial charge on any atom is 0.270 e. The summed E-state index contributed by atoms with van der Waals surface area (Å²) in [5.74, 6) is -2.51. The third-order valence-corrected chi connectivity index (χ3v) is 2.59. The lowest BCUT2D eigenvalue weighted by Gasteiger charge is -2.16. The van der Waals surface area contributed by atoms with Crippen LogP contribution in [0.3, 0.4) is 0 Å². The van der Waals surface area contributed by atoms with E-state index in [-0.39, 0.29) is 36.0 Å². The highest BCUT2D eigenvalue weighted by Gasteiger charge is 2.31. The molecular formula is C11H13F2NO3. The summed E-state index contributed by atoms with van der Waals surface area (Å²) < 4.78 is 36.7. The van der Waals surface area contributed by atoms with Crippen molar-refractivity contribution in [3.8, 4) is 11.5 Å². The number of benzene rings is 1. The number of rotatable bonds is 3. The molecule has 0 fully saturated rings. The summed E-state index contributed by atoms with van der Waals surface area (Å²) in [4.78, 5) is 0. The van der Waals surface area contributed by atoms with Gasteiger partial charge in [-0.25, -0.2) is 8.78 Å². The van der Waals surface area contributed by atoms with Crippen molar-refractivity contribution >= 4 is 0 Å². The van der Waals surface area contributed by atoms with Gasteiger partial charge < -0.3 is 20.3 Å². The van der Waals surface area contributed by atoms with Gasteiger partial charge in [-0.3, -0.25) is 0 Å². The van der Waals surface area contributed by atoms with Gasteiger partial charge in [-0.15, -0.1) is 0 Å². The number of halogens is 2. The third kappa shape index (κ3) is 2.18. The summed E-state index contributed by atoms with van der Waals surface area (Å²) in [6.45, 7) is 0.663. The van der Waals surface area contributed by atoms with Crippen LogP contribution in [0.15, 0.2) is 12.1 Å². The largest absolute Gasteiger partial charge is 0.454 e. The molecule has 3 N–H and O–H groups in total. The van der Waals surface area contributed by atoms with Crippen molar-refractivity contribution < 1.29 is 23.4 Å². The molecular weight excluding hydrogens is 232 g/mol. The molecule has 94 valence electrons. The Morgan fingerprint density at radius 3 is 2.76 bits per heavy atom. The second-order valence-corrected chi connectivity index (χ2v) is 3.94. The zero-order valence-corrected chi connectivity index (χ0v) is 9.24. The molecule has 1 atom stereocenters. The number of aliphatic hydroxyl groups is 1. The molecule has 0 spiro atoms. The summed E-state index contributed by atoms with van der Waals surface area (Å²) in [6.07, 6.45) is -1.05. The fourth-order valence-corrected chi connectivity index (χ4v) is 1.67. The van der Waals surface area contributed by atoms with E-state index in [9.17, 15) is 13.9 Å². The maximum absolute atomic E-state index is 13.3. The molecule has 0 saturated carbocycles. The molecule has 0 aliphatic carbocycles. The lowest BCUT2D eigenvalue weighted by atomic mass is 10.0. The Balaban J connectivity index is 2.54. The first-order valence-corrected chi connectivity index (χ1v) is 5.13. The monoisotopic (exact) mass is 245 g/mol. The molecule has 0 aromatic heterocycles. The lowest BCUT2D eigenvalue weighted by Crippen LogP contribution is -2.14. The third-order valence-electron chi connectivity index (χ3n) is 2.59. The number of fused-ring (bicyclic) bond motifs is 1. The molecule has 0 radical (unpaired) electrons. The Bertz CT molecular complexity index is 431.